The molecule has 0 saturated carbocycles. The van der Waals surface area contributed by atoms with Gasteiger partial charge in [-0.25, -0.2) is 4.79 Å². The fourth-order valence-corrected chi connectivity index (χ4v) is 1.29. The van der Waals surface area contributed by atoms with Crippen LogP contribution < -0.4 is 143 Å². The van der Waals surface area contributed by atoms with Gasteiger partial charge in [-0.15, -0.1) is 6.10 Å². The van der Waals surface area contributed by atoms with Crippen LogP contribution in [0.2, 0.25) is 0 Å². The van der Waals surface area contributed by atoms with E-state index >= 15 is 0 Å². The van der Waals surface area contributed by atoms with Gasteiger partial charge in [0, 0.05) is 51.2 Å². The molecule has 0 aliphatic carbocycles. The standard InChI is InChI=1S/C6H11O7.C6H10O7.Ca.6Fe.4Na.18H2O.4O/c2*7-1-2(8)3(9)4(10)5(11)6(12)13;;;;;;;;;;;;;;;;;;;;;;;;;;;;;;;;;/h2-5,7-8,10-11H,1H2,(H,12,13);2-5,7-8,11H,1H2,(H,12,13);;;;;;;;;;;;18*1H2;;;;/q-1;-2;+2;;;;;;5*+1;;;;;;;;;;;;;;;;;;;;;;-1/p-3/t2*2-,3-,4+,5-;;;;;;;;;;;;;;;;;;;;;;;;;;;;;;;;;/m11................................./s1. The number of carbonyl (C=O) groups excluding carboxylic acids is 1. The maximum atomic E-state index is 10.8. The van der Waals surface area contributed by atoms with Crippen molar-refractivity contribution in [1.82, 2.24) is 0 Å². The van der Waals surface area contributed by atoms with Gasteiger partial charge in [0.2, 0.25) is 0 Å². The number of hydrogen-bond donors (Lipinski definition) is 9. The van der Waals surface area contributed by atoms with Crippen molar-refractivity contribution in [1.29, 1.82) is 0 Å². The zero-order valence-corrected chi connectivity index (χ0v) is 47.2. The fourth-order valence-electron chi connectivity index (χ4n) is 1.29. The molecule has 0 aromatic heterocycles. The van der Waals surface area contributed by atoms with E-state index in [0.29, 0.717) is 0 Å². The first kappa shape index (κ1) is 218. The first-order chi connectivity index (χ1) is 15.7. The summed E-state index contributed by atoms with van der Waals surface area (Å²) in [6, 6.07) is 0. The van der Waals surface area contributed by atoms with Crippen LogP contribution in [0.4, 0.5) is 0 Å². The Bertz CT molecular complexity index is 533. The molecule has 0 rings (SSSR count). The van der Waals surface area contributed by atoms with E-state index in [9.17, 15) is 30.0 Å². The molecule has 372 valence electrons. The predicted octanol–water partition coefficient (Wildman–Crippen LogP) is -38.1. The van der Waals surface area contributed by atoms with Gasteiger partial charge < -0.3 is 159 Å². The van der Waals surface area contributed by atoms with Crippen LogP contribution in [0.15, 0.2) is 0 Å². The van der Waals surface area contributed by atoms with Crippen LogP contribution in [-0.4, -0.2) is 250 Å². The van der Waals surface area contributed by atoms with Gasteiger partial charge in [0.1, 0.15) is 12.2 Å². The number of carboxylic acid groups (broad SMARTS) is 2. The summed E-state index contributed by atoms with van der Waals surface area (Å²) in [5, 5.41) is 110. The Morgan fingerprint density at radius 3 is 0.847 bits per heavy atom. The summed E-state index contributed by atoms with van der Waals surface area (Å²) in [4.78, 5) is 20.0. The van der Waals surface area contributed by atoms with E-state index in [1.165, 1.54) is 0 Å². The molecule has 0 unspecified atom stereocenters. The minimum atomic E-state index is -2.40. The molecule has 0 aromatic rings. The van der Waals surface area contributed by atoms with Crippen molar-refractivity contribution in [3.05, 3.63) is 0 Å². The predicted molar refractivity (Wildman–Crippen MR) is 138 cm³/mol. The van der Waals surface area contributed by atoms with Crippen molar-refractivity contribution in [2.24, 2.45) is 0 Å². The van der Waals surface area contributed by atoms with Crippen LogP contribution in [-0.2, 0) is 119 Å². The Balaban J connectivity index is -0.00000000633. The van der Waals surface area contributed by atoms with E-state index in [-0.39, 0.29) is 300 Å². The summed E-state index contributed by atoms with van der Waals surface area (Å²) in [5.41, 5.74) is 0. The third-order valence-electron chi connectivity index (χ3n) is 2.92. The van der Waals surface area contributed by atoms with Crippen molar-refractivity contribution in [3.8, 4) is 0 Å². The van der Waals surface area contributed by atoms with E-state index in [2.05, 4.69) is 0 Å². The van der Waals surface area contributed by atoms with E-state index in [1.54, 1.807) is 0 Å². The molecule has 36 nitrogen and oxygen atoms in total. The average Bonchev–Trinajstić information content (AvgIpc) is 2.82. The van der Waals surface area contributed by atoms with Crippen LogP contribution >= 0.6 is 0 Å². The molecule has 0 fully saturated rings. The molecule has 47 heteroatoms. The normalized spacial score (nSPS) is 9.64. The molecule has 8 atom stereocenters. The quantitative estimate of drug-likeness (QED) is 0.0917. The van der Waals surface area contributed by atoms with Crippen LogP contribution in [0, 0.1) is 0 Å². The molecule has 59 heavy (non-hydrogen) atoms. The molecule has 0 heterocycles. The number of hydrogen-bond acceptors (Lipinski definition) is 18. The maximum absolute atomic E-state index is 10.8. The Morgan fingerprint density at radius 1 is 0.542 bits per heavy atom. The minimum absolute atomic E-state index is 0. The van der Waals surface area contributed by atoms with Gasteiger partial charge in [0.05, 0.1) is 37.5 Å². The van der Waals surface area contributed by atoms with Crippen molar-refractivity contribution in [3.63, 3.8) is 0 Å². The molecule has 0 aliphatic rings. The molecule has 0 radical (unpaired) electrons. The summed E-state index contributed by atoms with van der Waals surface area (Å²) < 4.78 is 40.2. The monoisotopic (exact) mass is 1240 g/mol. The van der Waals surface area contributed by atoms with Gasteiger partial charge >= 0.3 is 228 Å². The molecule has 0 saturated heterocycles. The molecule has 0 bridgehead atoms. The third-order valence-corrected chi connectivity index (χ3v) is 2.92. The van der Waals surface area contributed by atoms with E-state index in [0.717, 1.165) is 0 Å². The Morgan fingerprint density at radius 2 is 0.712 bits per heavy atom. The second kappa shape index (κ2) is 159. The summed E-state index contributed by atoms with van der Waals surface area (Å²) in [5.74, 6) is -3.84. The van der Waals surface area contributed by atoms with Gasteiger partial charge in [-0.05, 0) is 0 Å². The van der Waals surface area contributed by atoms with E-state index in [4.69, 9.17) is 60.7 Å². The van der Waals surface area contributed by atoms with Crippen LogP contribution in [0.3, 0.4) is 0 Å². The molecular formula is C12H54CaFe6Na4O36. The number of rotatable bonds is 10. The third kappa shape index (κ3) is 139. The second-order valence-corrected chi connectivity index (χ2v) is 5.44. The molecule has 0 aromatic carbocycles. The SMILES string of the molecule is O.O.O.O.O.O.O.O.O.O.O.O.O.O.O.O.O=C(O)[C@H](O)[C@@H]([O-])[C@H]([O-])[C@H](O)CO.O=C([O-])[C@H](O)[C@@H](O)[C@H]([O-])[C@H](O)CO.[Ca+2].[Fe].[Fe].[Fe].[Na+].[Na+].[Na+].[Na+].[OH-].[O]=[Fe].[O]=[Fe][O-].[O]=[Fe][OH]. The van der Waals surface area contributed by atoms with Crippen LogP contribution in [0.1, 0.15) is 0 Å². The van der Waals surface area contributed by atoms with E-state index < -0.39 is 104 Å². The fraction of sp³-hybridized carbons (Fsp3) is 0.833. The summed E-state index contributed by atoms with van der Waals surface area (Å²) in [7, 11) is 0. The van der Waals surface area contributed by atoms with Crippen molar-refractivity contribution in [2.45, 2.75) is 48.8 Å². The molecule has 0 amide bonds. The first-order valence-corrected chi connectivity index (χ1v) is 9.89. The first-order valence-electron chi connectivity index (χ1n) is 7.60. The number of carboxylic acids is 2. The van der Waals surface area contributed by atoms with Gasteiger partial charge in [0.15, 0.2) is 0 Å². The van der Waals surface area contributed by atoms with Crippen molar-refractivity contribution in [2.75, 3.05) is 13.2 Å². The summed E-state index contributed by atoms with van der Waals surface area (Å²) in [6.07, 6.45) is -17.5. The topological polar surface area (TPSA) is 917 Å². The number of carbonyl (C=O) groups is 2. The van der Waals surface area contributed by atoms with Gasteiger partial charge in [-0.3, -0.25) is 0 Å². The van der Waals surface area contributed by atoms with Gasteiger partial charge in [-0.2, -0.15) is 0 Å². The molecule has 0 aliphatic heterocycles. The molecule has 0 spiro atoms. The second-order valence-electron chi connectivity index (χ2n) is 5.05. The Labute approximate surface area is 503 Å². The Hall–Kier alpha value is 5.56. The van der Waals surface area contributed by atoms with Crippen LogP contribution in [0.25, 0.3) is 0 Å². The zero-order valence-electron chi connectivity index (χ0n) is 30.4. The summed E-state index contributed by atoms with van der Waals surface area (Å²) >= 11 is -0.250. The summed E-state index contributed by atoms with van der Waals surface area (Å²) in [6.45, 7) is -1.87. The number of aliphatic carboxylic acids is 2. The molecular weight excluding hydrogens is 1190 g/mol. The van der Waals surface area contributed by atoms with Crippen molar-refractivity contribution >= 4 is 49.7 Å². The van der Waals surface area contributed by atoms with Crippen LogP contribution in [0.5, 0.6) is 0 Å². The van der Waals surface area contributed by atoms with Gasteiger partial charge in [0.25, 0.3) is 0 Å². The Kier molecular flexibility index (Phi) is 588. The van der Waals surface area contributed by atoms with Crippen molar-refractivity contribution < 1.29 is 400 Å². The molecule has 42 N–H and O–H groups in total. The van der Waals surface area contributed by atoms with E-state index in [1.807, 2.05) is 15.9 Å². The number of aliphatic hydroxyl groups excluding tert-OH is 7. The number of aliphatic hydroxyl groups is 7. The zero-order chi connectivity index (χ0) is 28.6. The van der Waals surface area contributed by atoms with Gasteiger partial charge in [-0.1, -0.05) is 12.2 Å². The average molecular weight is 1240 g/mol.